The van der Waals surface area contributed by atoms with Gasteiger partial charge in [-0.15, -0.1) is 6.58 Å². The third-order valence-corrected chi connectivity index (χ3v) is 1.87. The fourth-order valence-corrected chi connectivity index (χ4v) is 1.09. The molecule has 0 amide bonds. The van der Waals surface area contributed by atoms with Gasteiger partial charge in [-0.1, -0.05) is 12.1 Å². The lowest BCUT2D eigenvalue weighted by Gasteiger charge is -2.09. The van der Waals surface area contributed by atoms with Gasteiger partial charge in [-0.2, -0.15) is 0 Å². The fourth-order valence-electron chi connectivity index (χ4n) is 1.09. The number of anilines is 1. The van der Waals surface area contributed by atoms with Crippen LogP contribution in [0.25, 0.3) is 0 Å². The van der Waals surface area contributed by atoms with E-state index in [9.17, 15) is 4.39 Å². The van der Waals surface area contributed by atoms with Crippen LogP contribution in [0.3, 0.4) is 0 Å². The summed E-state index contributed by atoms with van der Waals surface area (Å²) in [6, 6.07) is 4.41. The van der Waals surface area contributed by atoms with Gasteiger partial charge in [0.2, 0.25) is 0 Å². The van der Waals surface area contributed by atoms with Gasteiger partial charge in [0.15, 0.2) is 0 Å². The van der Waals surface area contributed by atoms with Gasteiger partial charge in [0.1, 0.15) is 5.82 Å². The lowest BCUT2D eigenvalue weighted by molar-refractivity contribution is 0.624. The Balaban J connectivity index is 2.89. The Morgan fingerprint density at radius 3 is 2.77 bits per heavy atom. The Morgan fingerprint density at radius 2 is 2.23 bits per heavy atom. The summed E-state index contributed by atoms with van der Waals surface area (Å²) >= 11 is 0. The van der Waals surface area contributed by atoms with Crippen molar-refractivity contribution in [1.29, 1.82) is 0 Å². The molecule has 0 spiro atoms. The van der Waals surface area contributed by atoms with Crippen molar-refractivity contribution >= 4 is 5.69 Å². The molecule has 70 valence electrons. The van der Waals surface area contributed by atoms with E-state index in [0.29, 0.717) is 6.42 Å². The summed E-state index contributed by atoms with van der Waals surface area (Å²) in [5.41, 5.74) is 12.0. The molecule has 0 fully saturated rings. The molecule has 0 radical (unpaired) electrons. The van der Waals surface area contributed by atoms with Gasteiger partial charge in [0.25, 0.3) is 0 Å². The number of nitrogen functional groups attached to an aromatic ring is 1. The quantitative estimate of drug-likeness (QED) is 0.552. The number of hydrogen-bond acceptors (Lipinski definition) is 2. The van der Waals surface area contributed by atoms with Crippen molar-refractivity contribution in [2.24, 2.45) is 5.73 Å². The van der Waals surface area contributed by atoms with Gasteiger partial charge in [0.05, 0.1) is 5.69 Å². The first-order valence-corrected chi connectivity index (χ1v) is 4.06. The summed E-state index contributed by atoms with van der Waals surface area (Å²) in [6.45, 7) is 3.57. The minimum Gasteiger partial charge on any atom is -0.396 e. The molecule has 0 saturated heterocycles. The Bertz CT molecular complexity index is 310. The molecule has 1 rings (SSSR count). The fraction of sp³-hybridized carbons (Fsp3) is 0.200. The summed E-state index contributed by atoms with van der Waals surface area (Å²) in [6.07, 6.45) is 2.34. The summed E-state index contributed by atoms with van der Waals surface area (Å²) in [7, 11) is 0. The molecule has 1 atom stereocenters. The third-order valence-electron chi connectivity index (χ3n) is 1.87. The second kappa shape index (κ2) is 4.05. The lowest BCUT2D eigenvalue weighted by atomic mass is 10.0. The Kier molecular flexibility index (Phi) is 3.03. The van der Waals surface area contributed by atoms with Gasteiger partial charge in [0, 0.05) is 6.04 Å². The van der Waals surface area contributed by atoms with Crippen LogP contribution in [0.2, 0.25) is 0 Å². The summed E-state index contributed by atoms with van der Waals surface area (Å²) in [5, 5.41) is 0. The monoisotopic (exact) mass is 180 g/mol. The molecule has 0 aromatic heterocycles. The molecule has 0 bridgehead atoms. The van der Waals surface area contributed by atoms with Crippen molar-refractivity contribution < 1.29 is 4.39 Å². The van der Waals surface area contributed by atoms with Crippen LogP contribution < -0.4 is 11.5 Å². The van der Waals surface area contributed by atoms with Crippen LogP contribution in [0.1, 0.15) is 18.0 Å². The van der Waals surface area contributed by atoms with Gasteiger partial charge in [-0.05, 0) is 24.1 Å². The van der Waals surface area contributed by atoms with E-state index in [1.54, 1.807) is 12.1 Å². The first-order chi connectivity index (χ1) is 6.15. The Hall–Kier alpha value is -1.35. The van der Waals surface area contributed by atoms with E-state index in [1.165, 1.54) is 12.1 Å². The molecule has 0 heterocycles. The molecule has 0 unspecified atom stereocenters. The molecule has 1 aromatic carbocycles. The molecule has 1 aromatic rings. The molecule has 0 saturated carbocycles. The van der Waals surface area contributed by atoms with Crippen LogP contribution >= 0.6 is 0 Å². The van der Waals surface area contributed by atoms with Crippen molar-refractivity contribution in [1.82, 2.24) is 0 Å². The molecule has 0 aliphatic carbocycles. The average Bonchev–Trinajstić information content (AvgIpc) is 2.10. The van der Waals surface area contributed by atoms with E-state index < -0.39 is 5.82 Å². The van der Waals surface area contributed by atoms with Crippen LogP contribution in [0.15, 0.2) is 30.9 Å². The number of nitrogens with two attached hydrogens (primary N) is 2. The Morgan fingerprint density at radius 1 is 1.54 bits per heavy atom. The second-order valence-corrected chi connectivity index (χ2v) is 2.91. The predicted octanol–water partition coefficient (Wildman–Crippen LogP) is 1.98. The number of halogens is 1. The summed E-state index contributed by atoms with van der Waals surface area (Å²) in [5.74, 6) is -0.419. The van der Waals surface area contributed by atoms with Gasteiger partial charge in [-0.3, -0.25) is 0 Å². The highest BCUT2D eigenvalue weighted by molar-refractivity contribution is 5.42. The highest BCUT2D eigenvalue weighted by Gasteiger charge is 2.06. The van der Waals surface area contributed by atoms with E-state index >= 15 is 0 Å². The zero-order chi connectivity index (χ0) is 9.84. The maximum atomic E-state index is 13.0. The van der Waals surface area contributed by atoms with E-state index in [0.717, 1.165) is 5.56 Å². The van der Waals surface area contributed by atoms with E-state index in [-0.39, 0.29) is 11.7 Å². The van der Waals surface area contributed by atoms with Crippen molar-refractivity contribution in [3.8, 4) is 0 Å². The molecule has 0 aliphatic rings. The van der Waals surface area contributed by atoms with Crippen LogP contribution in [-0.2, 0) is 0 Å². The Labute approximate surface area is 77.0 Å². The topological polar surface area (TPSA) is 52.0 Å². The summed E-state index contributed by atoms with van der Waals surface area (Å²) in [4.78, 5) is 0. The SMILES string of the molecule is C=CC[C@@H](N)c1ccc(N)c(F)c1. The van der Waals surface area contributed by atoms with Crippen molar-refractivity contribution in [3.63, 3.8) is 0 Å². The number of rotatable bonds is 3. The van der Waals surface area contributed by atoms with Gasteiger partial charge >= 0.3 is 0 Å². The maximum Gasteiger partial charge on any atom is 0.146 e. The second-order valence-electron chi connectivity index (χ2n) is 2.91. The van der Waals surface area contributed by atoms with Crippen molar-refractivity contribution in [2.45, 2.75) is 12.5 Å². The molecule has 0 aliphatic heterocycles. The van der Waals surface area contributed by atoms with Crippen molar-refractivity contribution in [2.75, 3.05) is 5.73 Å². The first-order valence-electron chi connectivity index (χ1n) is 4.06. The van der Waals surface area contributed by atoms with Crippen LogP contribution in [-0.4, -0.2) is 0 Å². The zero-order valence-electron chi connectivity index (χ0n) is 7.33. The number of benzene rings is 1. The van der Waals surface area contributed by atoms with Crippen LogP contribution in [0, 0.1) is 5.82 Å². The minimum atomic E-state index is -0.419. The highest BCUT2D eigenvalue weighted by atomic mass is 19.1. The largest absolute Gasteiger partial charge is 0.396 e. The standard InChI is InChI=1S/C10H13FN2/c1-2-3-9(12)7-4-5-10(13)8(11)6-7/h2,4-6,9H,1,3,12-13H2/t9-/m1/s1. The smallest absolute Gasteiger partial charge is 0.146 e. The molecular formula is C10H13FN2. The predicted molar refractivity (Wildman–Crippen MR) is 52.6 cm³/mol. The molecule has 3 heteroatoms. The van der Waals surface area contributed by atoms with Gasteiger partial charge in [-0.25, -0.2) is 4.39 Å². The van der Waals surface area contributed by atoms with Crippen molar-refractivity contribution in [3.05, 3.63) is 42.2 Å². The molecular weight excluding hydrogens is 167 g/mol. The lowest BCUT2D eigenvalue weighted by Crippen LogP contribution is -2.09. The minimum absolute atomic E-state index is 0.148. The maximum absolute atomic E-state index is 13.0. The highest BCUT2D eigenvalue weighted by Crippen LogP contribution is 2.18. The summed E-state index contributed by atoms with van der Waals surface area (Å²) < 4.78 is 13.0. The van der Waals surface area contributed by atoms with Crippen LogP contribution in [0.4, 0.5) is 10.1 Å². The molecule has 13 heavy (non-hydrogen) atoms. The van der Waals surface area contributed by atoms with E-state index in [2.05, 4.69) is 6.58 Å². The average molecular weight is 180 g/mol. The zero-order valence-corrected chi connectivity index (χ0v) is 7.33. The number of hydrogen-bond donors (Lipinski definition) is 2. The van der Waals surface area contributed by atoms with E-state index in [1.807, 2.05) is 0 Å². The first kappa shape index (κ1) is 9.74. The molecule has 4 N–H and O–H groups in total. The van der Waals surface area contributed by atoms with Crippen LogP contribution in [0.5, 0.6) is 0 Å². The third kappa shape index (κ3) is 2.29. The van der Waals surface area contributed by atoms with Gasteiger partial charge < -0.3 is 11.5 Å². The molecule has 2 nitrogen and oxygen atoms in total. The normalized spacial score (nSPS) is 12.5. The van der Waals surface area contributed by atoms with E-state index in [4.69, 9.17) is 11.5 Å².